The lowest BCUT2D eigenvalue weighted by Crippen LogP contribution is -2.35. The van der Waals surface area contributed by atoms with Gasteiger partial charge in [-0.1, -0.05) is 34.9 Å². The molecule has 2 saturated heterocycles. The van der Waals surface area contributed by atoms with Crippen LogP contribution in [0.15, 0.2) is 60.2 Å². The average Bonchev–Trinajstić information content (AvgIpc) is 3.22. The Morgan fingerprint density at radius 2 is 1.24 bits per heavy atom. The summed E-state index contributed by atoms with van der Waals surface area (Å²) in [7, 11) is 0. The second-order valence-corrected chi connectivity index (χ2v) is 9.61. The van der Waals surface area contributed by atoms with E-state index < -0.39 is 17.8 Å². The Labute approximate surface area is 200 Å². The lowest BCUT2D eigenvalue weighted by Gasteiger charge is -2.29. The summed E-state index contributed by atoms with van der Waals surface area (Å²) in [6.45, 7) is 1.82. The van der Waals surface area contributed by atoms with E-state index in [1.54, 1.807) is 48.5 Å². The maximum Gasteiger partial charge on any atom is 0.241 e. The van der Waals surface area contributed by atoms with Crippen molar-refractivity contribution in [3.05, 3.63) is 70.2 Å². The van der Waals surface area contributed by atoms with E-state index in [2.05, 4.69) is 0 Å². The SMILES string of the molecule is CC1=C[C@H]([C@@H]2CC(=O)N(c3ccc(Cl)cc3)C2=O)C[C@H]2C(=O)N(c3ccc(Cl)cc3)C(=O)[C@H]12. The van der Waals surface area contributed by atoms with Gasteiger partial charge in [0, 0.05) is 16.5 Å². The molecular formula is C25H20Cl2N2O4. The molecule has 0 unspecified atom stereocenters. The van der Waals surface area contributed by atoms with Gasteiger partial charge in [-0.3, -0.25) is 24.1 Å². The second-order valence-electron chi connectivity index (χ2n) is 8.74. The molecule has 2 heterocycles. The summed E-state index contributed by atoms with van der Waals surface area (Å²) in [6.07, 6.45) is 2.31. The molecule has 168 valence electrons. The van der Waals surface area contributed by atoms with Crippen molar-refractivity contribution in [2.24, 2.45) is 23.7 Å². The van der Waals surface area contributed by atoms with E-state index in [9.17, 15) is 19.2 Å². The van der Waals surface area contributed by atoms with Crippen LogP contribution in [0, 0.1) is 23.7 Å². The molecule has 2 fully saturated rings. The van der Waals surface area contributed by atoms with Crippen molar-refractivity contribution < 1.29 is 19.2 Å². The standard InChI is InChI=1S/C25H20Cl2N2O4/c1-13-10-14(19-12-21(30)28(23(19)31)17-6-2-15(26)3-7-17)11-20-22(13)25(33)29(24(20)32)18-8-4-16(27)5-9-18/h2-10,14,19-20,22H,11-12H2,1H3/t14-,19-,20+,22+/m0/s1. The van der Waals surface area contributed by atoms with E-state index in [1.807, 2.05) is 13.0 Å². The van der Waals surface area contributed by atoms with Crippen LogP contribution in [0.5, 0.6) is 0 Å². The van der Waals surface area contributed by atoms with Crippen LogP contribution in [0.25, 0.3) is 0 Å². The van der Waals surface area contributed by atoms with Crippen LogP contribution in [-0.2, 0) is 19.2 Å². The van der Waals surface area contributed by atoms with Gasteiger partial charge in [-0.25, -0.2) is 4.90 Å². The number of nitrogens with zero attached hydrogens (tertiary/aromatic N) is 2. The molecule has 0 bridgehead atoms. The highest BCUT2D eigenvalue weighted by Gasteiger charge is 2.53. The first-order valence-electron chi connectivity index (χ1n) is 10.7. The average molecular weight is 483 g/mol. The Morgan fingerprint density at radius 1 is 0.727 bits per heavy atom. The molecule has 0 N–H and O–H groups in total. The fourth-order valence-electron chi connectivity index (χ4n) is 5.26. The normalized spacial score (nSPS) is 27.3. The summed E-state index contributed by atoms with van der Waals surface area (Å²) in [5.74, 6) is -3.11. The predicted octanol–water partition coefficient (Wildman–Crippen LogP) is 4.64. The number of amides is 4. The van der Waals surface area contributed by atoms with Crippen LogP contribution in [0.3, 0.4) is 0 Å². The fraction of sp³-hybridized carbons (Fsp3) is 0.280. The topological polar surface area (TPSA) is 74.8 Å². The highest BCUT2D eigenvalue weighted by molar-refractivity contribution is 6.31. The molecular weight excluding hydrogens is 463 g/mol. The summed E-state index contributed by atoms with van der Waals surface area (Å²) in [5.41, 5.74) is 1.72. The lowest BCUT2D eigenvalue weighted by atomic mass is 9.71. The van der Waals surface area contributed by atoms with Crippen molar-refractivity contribution in [3.63, 3.8) is 0 Å². The molecule has 1 aliphatic carbocycles. The summed E-state index contributed by atoms with van der Waals surface area (Å²) in [5, 5.41) is 1.03. The molecule has 33 heavy (non-hydrogen) atoms. The van der Waals surface area contributed by atoms with E-state index >= 15 is 0 Å². The summed E-state index contributed by atoms with van der Waals surface area (Å²) in [6, 6.07) is 13.1. The van der Waals surface area contributed by atoms with E-state index in [4.69, 9.17) is 23.2 Å². The van der Waals surface area contributed by atoms with Crippen LogP contribution in [-0.4, -0.2) is 23.6 Å². The first-order valence-corrected chi connectivity index (χ1v) is 11.5. The minimum absolute atomic E-state index is 0.0658. The quantitative estimate of drug-likeness (QED) is 0.471. The molecule has 4 amide bonds. The van der Waals surface area contributed by atoms with Crippen LogP contribution >= 0.6 is 23.2 Å². The molecule has 8 heteroatoms. The van der Waals surface area contributed by atoms with Gasteiger partial charge in [0.1, 0.15) is 0 Å². The van der Waals surface area contributed by atoms with E-state index in [-0.39, 0.29) is 36.0 Å². The highest BCUT2D eigenvalue weighted by Crippen LogP contribution is 2.46. The minimum Gasteiger partial charge on any atom is -0.274 e. The molecule has 0 spiro atoms. The van der Waals surface area contributed by atoms with Crippen molar-refractivity contribution in [2.45, 2.75) is 19.8 Å². The monoisotopic (exact) mass is 482 g/mol. The predicted molar refractivity (Wildman–Crippen MR) is 125 cm³/mol. The van der Waals surface area contributed by atoms with Gasteiger partial charge in [0.25, 0.3) is 0 Å². The number of rotatable bonds is 3. The third kappa shape index (κ3) is 3.58. The van der Waals surface area contributed by atoms with Crippen LogP contribution in [0.4, 0.5) is 11.4 Å². The molecule has 6 nitrogen and oxygen atoms in total. The number of carbonyl (C=O) groups is 4. The van der Waals surface area contributed by atoms with Gasteiger partial charge in [0.05, 0.1) is 29.1 Å². The molecule has 3 aliphatic rings. The largest absolute Gasteiger partial charge is 0.274 e. The summed E-state index contributed by atoms with van der Waals surface area (Å²) < 4.78 is 0. The number of hydrogen-bond acceptors (Lipinski definition) is 4. The zero-order chi connectivity index (χ0) is 23.4. The molecule has 4 atom stereocenters. The number of hydrogen-bond donors (Lipinski definition) is 0. The number of allylic oxidation sites excluding steroid dienone is 1. The van der Waals surface area contributed by atoms with Gasteiger partial charge in [-0.15, -0.1) is 0 Å². The van der Waals surface area contributed by atoms with Gasteiger partial charge in [-0.05, 0) is 67.8 Å². The number of anilines is 2. The van der Waals surface area contributed by atoms with Crippen LogP contribution < -0.4 is 9.80 Å². The first kappa shape index (κ1) is 21.9. The summed E-state index contributed by atoms with van der Waals surface area (Å²) in [4.78, 5) is 54.8. The van der Waals surface area contributed by atoms with Crippen molar-refractivity contribution in [1.82, 2.24) is 0 Å². The smallest absolute Gasteiger partial charge is 0.241 e. The van der Waals surface area contributed by atoms with Crippen molar-refractivity contribution in [3.8, 4) is 0 Å². The molecule has 0 aromatic heterocycles. The van der Waals surface area contributed by atoms with E-state index in [1.165, 1.54) is 9.80 Å². The Balaban J connectivity index is 1.41. The number of halogens is 2. The van der Waals surface area contributed by atoms with Gasteiger partial charge in [-0.2, -0.15) is 0 Å². The lowest BCUT2D eigenvalue weighted by molar-refractivity contribution is -0.125. The van der Waals surface area contributed by atoms with E-state index in [0.29, 0.717) is 27.8 Å². The zero-order valence-electron chi connectivity index (χ0n) is 17.7. The van der Waals surface area contributed by atoms with Crippen molar-refractivity contribution >= 4 is 58.2 Å². The number of imide groups is 2. The van der Waals surface area contributed by atoms with E-state index in [0.717, 1.165) is 5.57 Å². The van der Waals surface area contributed by atoms with Gasteiger partial charge in [0.2, 0.25) is 23.6 Å². The third-order valence-corrected chi connectivity index (χ3v) is 7.29. The third-order valence-electron chi connectivity index (χ3n) is 6.79. The Kier molecular flexibility index (Phi) is 5.38. The van der Waals surface area contributed by atoms with Gasteiger partial charge >= 0.3 is 0 Å². The number of fused-ring (bicyclic) bond motifs is 1. The number of benzene rings is 2. The molecule has 2 aromatic carbocycles. The maximum absolute atomic E-state index is 13.3. The molecule has 2 aliphatic heterocycles. The summed E-state index contributed by atoms with van der Waals surface area (Å²) >= 11 is 11.9. The zero-order valence-corrected chi connectivity index (χ0v) is 19.2. The van der Waals surface area contributed by atoms with Crippen LogP contribution in [0.2, 0.25) is 10.0 Å². The molecule has 0 radical (unpaired) electrons. The van der Waals surface area contributed by atoms with Crippen LogP contribution in [0.1, 0.15) is 19.8 Å². The fourth-order valence-corrected chi connectivity index (χ4v) is 5.51. The Bertz CT molecular complexity index is 1210. The maximum atomic E-state index is 13.3. The Morgan fingerprint density at radius 3 is 1.82 bits per heavy atom. The van der Waals surface area contributed by atoms with Crippen molar-refractivity contribution in [2.75, 3.05) is 9.80 Å². The first-order chi connectivity index (χ1) is 15.8. The molecule has 2 aromatic rings. The molecule has 0 saturated carbocycles. The van der Waals surface area contributed by atoms with Gasteiger partial charge < -0.3 is 0 Å². The highest BCUT2D eigenvalue weighted by atomic mass is 35.5. The number of carbonyl (C=O) groups excluding carboxylic acids is 4. The Hall–Kier alpha value is -2.96. The second kappa shape index (κ2) is 8.12. The van der Waals surface area contributed by atoms with Crippen molar-refractivity contribution in [1.29, 1.82) is 0 Å². The van der Waals surface area contributed by atoms with Gasteiger partial charge in [0.15, 0.2) is 0 Å². The minimum atomic E-state index is -0.573. The molecule has 5 rings (SSSR count).